The summed E-state index contributed by atoms with van der Waals surface area (Å²) in [7, 11) is 0. The SMILES string of the molecule is NCCC1(C2CCCCC2)CC1. The topological polar surface area (TPSA) is 26.0 Å². The van der Waals surface area contributed by atoms with Crippen molar-refractivity contribution in [2.45, 2.75) is 51.4 Å². The highest BCUT2D eigenvalue weighted by Crippen LogP contribution is 2.58. The van der Waals surface area contributed by atoms with Crippen molar-refractivity contribution in [2.75, 3.05) is 6.54 Å². The highest BCUT2D eigenvalue weighted by molar-refractivity contribution is 4.98. The molecule has 12 heavy (non-hydrogen) atoms. The molecule has 0 spiro atoms. The number of hydrogen-bond acceptors (Lipinski definition) is 1. The van der Waals surface area contributed by atoms with Crippen LogP contribution in [0.25, 0.3) is 0 Å². The molecule has 1 heteroatoms. The van der Waals surface area contributed by atoms with Gasteiger partial charge in [0, 0.05) is 0 Å². The van der Waals surface area contributed by atoms with Crippen LogP contribution in [0.3, 0.4) is 0 Å². The van der Waals surface area contributed by atoms with E-state index >= 15 is 0 Å². The first-order chi connectivity index (χ1) is 5.87. The monoisotopic (exact) mass is 167 g/mol. The summed E-state index contributed by atoms with van der Waals surface area (Å²) in [5.41, 5.74) is 6.41. The maximum Gasteiger partial charge on any atom is -0.00719 e. The molecule has 0 saturated heterocycles. The molecule has 2 aliphatic carbocycles. The molecule has 2 aliphatic rings. The van der Waals surface area contributed by atoms with Crippen LogP contribution in [0.4, 0.5) is 0 Å². The zero-order valence-electron chi connectivity index (χ0n) is 8.02. The zero-order valence-corrected chi connectivity index (χ0v) is 8.02. The first-order valence-corrected chi connectivity index (χ1v) is 5.57. The van der Waals surface area contributed by atoms with E-state index in [-0.39, 0.29) is 0 Å². The van der Waals surface area contributed by atoms with E-state index in [0.717, 1.165) is 17.9 Å². The lowest BCUT2D eigenvalue weighted by Crippen LogP contribution is -2.22. The fourth-order valence-electron chi connectivity index (χ4n) is 3.03. The van der Waals surface area contributed by atoms with E-state index in [2.05, 4.69) is 0 Å². The molecule has 70 valence electrons. The van der Waals surface area contributed by atoms with Gasteiger partial charge in [-0.15, -0.1) is 0 Å². The standard InChI is InChI=1S/C11H21N/c12-9-8-11(6-7-11)10-4-2-1-3-5-10/h10H,1-9,12H2. The first-order valence-electron chi connectivity index (χ1n) is 5.57. The Morgan fingerprint density at radius 3 is 2.25 bits per heavy atom. The van der Waals surface area contributed by atoms with E-state index in [1.165, 1.54) is 51.4 Å². The lowest BCUT2D eigenvalue weighted by molar-refractivity contribution is 0.217. The van der Waals surface area contributed by atoms with Gasteiger partial charge in [0.15, 0.2) is 0 Å². The molecule has 2 rings (SSSR count). The van der Waals surface area contributed by atoms with Crippen LogP contribution in [0.1, 0.15) is 51.4 Å². The Hall–Kier alpha value is -0.0400. The van der Waals surface area contributed by atoms with Crippen molar-refractivity contribution >= 4 is 0 Å². The van der Waals surface area contributed by atoms with Crippen LogP contribution in [0.15, 0.2) is 0 Å². The molecule has 0 bridgehead atoms. The molecule has 0 aliphatic heterocycles. The van der Waals surface area contributed by atoms with Gasteiger partial charge in [-0.25, -0.2) is 0 Å². The Labute approximate surface area is 75.7 Å². The fourth-order valence-corrected chi connectivity index (χ4v) is 3.03. The van der Waals surface area contributed by atoms with Crippen molar-refractivity contribution < 1.29 is 0 Å². The molecule has 2 saturated carbocycles. The molecule has 0 amide bonds. The highest BCUT2D eigenvalue weighted by Gasteiger charge is 2.47. The maximum atomic E-state index is 5.66. The van der Waals surface area contributed by atoms with Gasteiger partial charge in [0.25, 0.3) is 0 Å². The summed E-state index contributed by atoms with van der Waals surface area (Å²) in [5, 5.41) is 0. The largest absolute Gasteiger partial charge is 0.330 e. The molecule has 1 nitrogen and oxygen atoms in total. The second-order valence-corrected chi connectivity index (χ2v) is 4.74. The van der Waals surface area contributed by atoms with Crippen molar-refractivity contribution in [3.63, 3.8) is 0 Å². The van der Waals surface area contributed by atoms with Crippen molar-refractivity contribution in [1.29, 1.82) is 0 Å². The Morgan fingerprint density at radius 1 is 1.08 bits per heavy atom. The quantitative estimate of drug-likeness (QED) is 0.687. The summed E-state index contributed by atoms with van der Waals surface area (Å²) in [6.45, 7) is 0.913. The summed E-state index contributed by atoms with van der Waals surface area (Å²) in [4.78, 5) is 0. The van der Waals surface area contributed by atoms with Crippen molar-refractivity contribution in [1.82, 2.24) is 0 Å². The van der Waals surface area contributed by atoms with Crippen LogP contribution in [0, 0.1) is 11.3 Å². The van der Waals surface area contributed by atoms with Gasteiger partial charge in [0.05, 0.1) is 0 Å². The first kappa shape index (κ1) is 8.55. The molecular weight excluding hydrogens is 146 g/mol. The Kier molecular flexibility index (Phi) is 2.40. The van der Waals surface area contributed by atoms with E-state index in [9.17, 15) is 0 Å². The Bertz CT molecular complexity index is 143. The lowest BCUT2D eigenvalue weighted by atomic mass is 9.76. The smallest absolute Gasteiger partial charge is 0.00719 e. The second-order valence-electron chi connectivity index (χ2n) is 4.74. The molecule has 0 aromatic rings. The lowest BCUT2D eigenvalue weighted by Gasteiger charge is -2.30. The van der Waals surface area contributed by atoms with E-state index in [0.29, 0.717) is 0 Å². The molecule has 2 fully saturated rings. The van der Waals surface area contributed by atoms with Gasteiger partial charge in [-0.1, -0.05) is 19.3 Å². The van der Waals surface area contributed by atoms with Gasteiger partial charge < -0.3 is 5.73 Å². The van der Waals surface area contributed by atoms with Gasteiger partial charge in [-0.3, -0.25) is 0 Å². The van der Waals surface area contributed by atoms with Crippen LogP contribution in [-0.2, 0) is 0 Å². The second kappa shape index (κ2) is 3.37. The minimum absolute atomic E-state index is 0.745. The van der Waals surface area contributed by atoms with E-state index in [1.54, 1.807) is 0 Å². The third kappa shape index (κ3) is 1.52. The van der Waals surface area contributed by atoms with Gasteiger partial charge >= 0.3 is 0 Å². The molecule has 0 heterocycles. The normalized spacial score (nSPS) is 28.8. The number of nitrogens with two attached hydrogens (primary N) is 1. The average Bonchev–Trinajstić information content (AvgIpc) is 2.88. The van der Waals surface area contributed by atoms with Crippen LogP contribution < -0.4 is 5.73 Å². The molecule has 0 aromatic heterocycles. The van der Waals surface area contributed by atoms with Crippen LogP contribution in [-0.4, -0.2) is 6.54 Å². The highest BCUT2D eigenvalue weighted by atomic mass is 14.6. The predicted octanol–water partition coefficient (Wildman–Crippen LogP) is 2.70. The predicted molar refractivity (Wildman–Crippen MR) is 51.9 cm³/mol. The molecule has 0 aromatic carbocycles. The van der Waals surface area contributed by atoms with E-state index in [4.69, 9.17) is 5.73 Å². The minimum Gasteiger partial charge on any atom is -0.330 e. The summed E-state index contributed by atoms with van der Waals surface area (Å²) >= 11 is 0. The summed E-state index contributed by atoms with van der Waals surface area (Å²) in [6.07, 6.45) is 11.7. The van der Waals surface area contributed by atoms with Crippen LogP contribution in [0.2, 0.25) is 0 Å². The zero-order chi connectivity index (χ0) is 8.44. The van der Waals surface area contributed by atoms with Crippen molar-refractivity contribution in [3.05, 3.63) is 0 Å². The summed E-state index contributed by atoms with van der Waals surface area (Å²) in [5.74, 6) is 1.05. The van der Waals surface area contributed by atoms with Gasteiger partial charge in [-0.2, -0.15) is 0 Å². The van der Waals surface area contributed by atoms with Crippen molar-refractivity contribution in [3.8, 4) is 0 Å². The summed E-state index contributed by atoms with van der Waals surface area (Å²) in [6, 6.07) is 0. The van der Waals surface area contributed by atoms with E-state index < -0.39 is 0 Å². The van der Waals surface area contributed by atoms with E-state index in [1.807, 2.05) is 0 Å². The molecule has 0 unspecified atom stereocenters. The minimum atomic E-state index is 0.745. The molecule has 2 N–H and O–H groups in total. The molecule has 0 atom stereocenters. The number of rotatable bonds is 3. The van der Waals surface area contributed by atoms with Gasteiger partial charge in [-0.05, 0) is 50.0 Å². The van der Waals surface area contributed by atoms with Gasteiger partial charge in [0.1, 0.15) is 0 Å². The third-order valence-electron chi connectivity index (χ3n) is 4.01. The summed E-state index contributed by atoms with van der Waals surface area (Å²) < 4.78 is 0. The maximum absolute atomic E-state index is 5.66. The van der Waals surface area contributed by atoms with Crippen LogP contribution >= 0.6 is 0 Å². The Balaban J connectivity index is 1.88. The van der Waals surface area contributed by atoms with Crippen LogP contribution in [0.5, 0.6) is 0 Å². The Morgan fingerprint density at radius 2 is 1.75 bits per heavy atom. The third-order valence-corrected chi connectivity index (χ3v) is 4.01. The average molecular weight is 167 g/mol. The van der Waals surface area contributed by atoms with Crippen molar-refractivity contribution in [2.24, 2.45) is 17.1 Å². The fraction of sp³-hybridized carbons (Fsp3) is 1.00. The number of hydrogen-bond donors (Lipinski definition) is 1. The van der Waals surface area contributed by atoms with Gasteiger partial charge in [0.2, 0.25) is 0 Å². The molecule has 0 radical (unpaired) electrons. The molecular formula is C11H21N.